The topological polar surface area (TPSA) is 159 Å². The Morgan fingerprint density at radius 3 is 2.17 bits per heavy atom. The van der Waals surface area contributed by atoms with Crippen molar-refractivity contribution in [2.45, 2.75) is 16.3 Å². The summed E-state index contributed by atoms with van der Waals surface area (Å²) in [4.78, 5) is 31.9. The number of sulfonamides is 1. The zero-order valence-electron chi connectivity index (χ0n) is 14.7. The molecule has 1 N–H and O–H groups in total. The van der Waals surface area contributed by atoms with Gasteiger partial charge in [0.2, 0.25) is 10.0 Å². The van der Waals surface area contributed by atoms with E-state index in [1.165, 1.54) is 24.3 Å². The number of carbonyl (C=O) groups is 1. The highest BCUT2D eigenvalue weighted by Gasteiger charge is 2.36. The molecule has 0 aromatic heterocycles. The van der Waals surface area contributed by atoms with Gasteiger partial charge in [-0.2, -0.15) is 4.72 Å². The Labute approximate surface area is 169 Å². The number of nitrogens with zero attached hydrogens (tertiary/aromatic N) is 2. The van der Waals surface area contributed by atoms with Crippen LogP contribution in [-0.2, 0) is 19.6 Å². The van der Waals surface area contributed by atoms with E-state index in [0.717, 1.165) is 31.4 Å². The van der Waals surface area contributed by atoms with E-state index in [-0.39, 0.29) is 11.3 Å². The maximum atomic E-state index is 12.7. The van der Waals surface area contributed by atoms with Crippen molar-refractivity contribution in [3.63, 3.8) is 0 Å². The molecular formula is C16H14ClN3O8S. The number of esters is 1. The summed E-state index contributed by atoms with van der Waals surface area (Å²) in [7, 11) is -3.54. The zero-order valence-corrected chi connectivity index (χ0v) is 16.3. The van der Waals surface area contributed by atoms with E-state index in [2.05, 4.69) is 4.74 Å². The standard InChI is InChI=1S/C16H14ClN3O8S/c1-28-16(21)15(14(17)10-6-8-11(9-7-10)19(22)23)18-29(26,27)13-5-3-2-4-12(13)20(24)25/h2-9,14-15,18H,1H3/t14-,15-/m1/s1. The number of halogens is 1. The predicted molar refractivity (Wildman–Crippen MR) is 101 cm³/mol. The fourth-order valence-electron chi connectivity index (χ4n) is 2.39. The highest BCUT2D eigenvalue weighted by molar-refractivity contribution is 7.89. The van der Waals surface area contributed by atoms with E-state index in [0.29, 0.717) is 0 Å². The number of methoxy groups -OCH3 is 1. The number of nitro benzene ring substituents is 2. The minimum Gasteiger partial charge on any atom is -0.468 e. The number of para-hydroxylation sites is 1. The van der Waals surface area contributed by atoms with E-state index in [1.54, 1.807) is 0 Å². The average molecular weight is 444 g/mol. The Morgan fingerprint density at radius 2 is 1.66 bits per heavy atom. The van der Waals surface area contributed by atoms with E-state index in [1.807, 2.05) is 4.72 Å². The molecule has 0 heterocycles. The first kappa shape index (κ1) is 22.2. The van der Waals surface area contributed by atoms with Gasteiger partial charge in [0, 0.05) is 18.2 Å². The van der Waals surface area contributed by atoms with Crippen LogP contribution in [0.3, 0.4) is 0 Å². The second-order valence-electron chi connectivity index (χ2n) is 5.60. The first-order chi connectivity index (χ1) is 13.6. The van der Waals surface area contributed by atoms with Crippen LogP contribution in [-0.4, -0.2) is 37.4 Å². The van der Waals surface area contributed by atoms with Gasteiger partial charge in [0.25, 0.3) is 11.4 Å². The molecule has 0 bridgehead atoms. The van der Waals surface area contributed by atoms with Crippen molar-refractivity contribution in [2.24, 2.45) is 0 Å². The van der Waals surface area contributed by atoms with Gasteiger partial charge in [-0.25, -0.2) is 8.42 Å². The fourth-order valence-corrected chi connectivity index (χ4v) is 4.15. The third-order valence-electron chi connectivity index (χ3n) is 3.80. The van der Waals surface area contributed by atoms with Gasteiger partial charge in [-0.05, 0) is 11.6 Å². The van der Waals surface area contributed by atoms with Gasteiger partial charge in [0.15, 0.2) is 4.90 Å². The third kappa shape index (κ3) is 5.04. The van der Waals surface area contributed by atoms with E-state index >= 15 is 0 Å². The van der Waals surface area contributed by atoms with Crippen LogP contribution >= 0.6 is 11.6 Å². The number of non-ortho nitro benzene ring substituents is 1. The summed E-state index contributed by atoms with van der Waals surface area (Å²) in [5, 5.41) is 20.6. The van der Waals surface area contributed by atoms with Gasteiger partial charge >= 0.3 is 5.97 Å². The number of hydrogen-bond acceptors (Lipinski definition) is 8. The van der Waals surface area contributed by atoms with Crippen LogP contribution in [0.2, 0.25) is 0 Å². The Hall–Kier alpha value is -3.09. The Balaban J connectivity index is 2.42. The Kier molecular flexibility index (Phi) is 6.84. The highest BCUT2D eigenvalue weighted by atomic mass is 35.5. The predicted octanol–water partition coefficient (Wildman–Crippen LogP) is 2.30. The number of benzene rings is 2. The second-order valence-corrected chi connectivity index (χ2v) is 7.75. The lowest BCUT2D eigenvalue weighted by Gasteiger charge is -2.21. The quantitative estimate of drug-likeness (QED) is 0.281. The molecular weight excluding hydrogens is 430 g/mol. The summed E-state index contributed by atoms with van der Waals surface area (Å²) >= 11 is 6.24. The largest absolute Gasteiger partial charge is 0.468 e. The van der Waals surface area contributed by atoms with Gasteiger partial charge in [-0.15, -0.1) is 11.6 Å². The molecule has 0 saturated carbocycles. The van der Waals surface area contributed by atoms with E-state index in [9.17, 15) is 33.4 Å². The number of alkyl halides is 1. The van der Waals surface area contributed by atoms with Crippen molar-refractivity contribution < 1.29 is 27.8 Å². The summed E-state index contributed by atoms with van der Waals surface area (Å²) in [6, 6.07) is 7.69. The van der Waals surface area contributed by atoms with Gasteiger partial charge < -0.3 is 4.74 Å². The molecule has 29 heavy (non-hydrogen) atoms. The summed E-state index contributed by atoms with van der Waals surface area (Å²) in [5.74, 6) is -1.05. The first-order valence-electron chi connectivity index (χ1n) is 7.80. The maximum absolute atomic E-state index is 12.7. The van der Waals surface area contributed by atoms with Gasteiger partial charge in [-0.3, -0.25) is 25.0 Å². The molecule has 11 nitrogen and oxygen atoms in total. The van der Waals surface area contributed by atoms with Crippen molar-refractivity contribution in [1.29, 1.82) is 0 Å². The molecule has 0 aliphatic heterocycles. The summed E-state index contributed by atoms with van der Waals surface area (Å²) in [6.45, 7) is 0. The van der Waals surface area contributed by atoms with Crippen LogP contribution in [0.5, 0.6) is 0 Å². The van der Waals surface area contributed by atoms with Crippen LogP contribution in [0.25, 0.3) is 0 Å². The molecule has 154 valence electrons. The number of nitrogens with one attached hydrogen (secondary N) is 1. The summed E-state index contributed by atoms with van der Waals surface area (Å²) < 4.78 is 32.0. The lowest BCUT2D eigenvalue weighted by molar-refractivity contribution is -0.387. The van der Waals surface area contributed by atoms with Crippen molar-refractivity contribution in [3.05, 3.63) is 74.3 Å². The van der Waals surface area contributed by atoms with Crippen LogP contribution in [0.15, 0.2) is 53.4 Å². The van der Waals surface area contributed by atoms with Gasteiger partial charge in [0.1, 0.15) is 6.04 Å². The number of ether oxygens (including phenoxy) is 1. The van der Waals surface area contributed by atoms with Crippen LogP contribution in [0.1, 0.15) is 10.9 Å². The molecule has 2 aromatic carbocycles. The molecule has 0 amide bonds. The Morgan fingerprint density at radius 1 is 1.07 bits per heavy atom. The normalized spacial score (nSPS) is 13.3. The van der Waals surface area contributed by atoms with Crippen LogP contribution in [0.4, 0.5) is 11.4 Å². The van der Waals surface area contributed by atoms with Crippen molar-refractivity contribution in [3.8, 4) is 0 Å². The molecule has 0 unspecified atom stereocenters. The molecule has 0 spiro atoms. The molecule has 2 rings (SSSR count). The molecule has 0 aliphatic rings. The first-order valence-corrected chi connectivity index (χ1v) is 9.72. The fraction of sp³-hybridized carbons (Fsp3) is 0.188. The minimum absolute atomic E-state index is 0.193. The van der Waals surface area contributed by atoms with Gasteiger partial charge in [-0.1, -0.05) is 24.3 Å². The lowest BCUT2D eigenvalue weighted by Crippen LogP contribution is -2.44. The molecule has 0 aliphatic carbocycles. The maximum Gasteiger partial charge on any atom is 0.325 e. The SMILES string of the molecule is COC(=O)[C@H](NS(=O)(=O)c1ccccc1[N+](=O)[O-])[C@H](Cl)c1ccc([N+](=O)[O-])cc1. The van der Waals surface area contributed by atoms with Crippen molar-refractivity contribution in [1.82, 2.24) is 4.72 Å². The molecule has 0 saturated heterocycles. The molecule has 2 atom stereocenters. The smallest absolute Gasteiger partial charge is 0.325 e. The number of rotatable bonds is 8. The highest BCUT2D eigenvalue weighted by Crippen LogP contribution is 2.29. The van der Waals surface area contributed by atoms with E-state index in [4.69, 9.17) is 11.6 Å². The summed E-state index contributed by atoms with van der Waals surface area (Å²) in [6.07, 6.45) is 0. The molecule has 13 heteroatoms. The number of carbonyl (C=O) groups excluding carboxylic acids is 1. The molecule has 0 radical (unpaired) electrons. The van der Waals surface area contributed by atoms with Crippen molar-refractivity contribution in [2.75, 3.05) is 7.11 Å². The van der Waals surface area contributed by atoms with Crippen LogP contribution in [0, 0.1) is 20.2 Å². The van der Waals surface area contributed by atoms with Crippen LogP contribution < -0.4 is 4.72 Å². The second kappa shape index (κ2) is 8.94. The lowest BCUT2D eigenvalue weighted by atomic mass is 10.1. The monoisotopic (exact) mass is 443 g/mol. The Bertz CT molecular complexity index is 1040. The number of nitro groups is 2. The molecule has 2 aromatic rings. The van der Waals surface area contributed by atoms with Gasteiger partial charge in [0.05, 0.1) is 22.3 Å². The zero-order chi connectivity index (χ0) is 21.8. The summed E-state index contributed by atoms with van der Waals surface area (Å²) in [5.41, 5.74) is -0.726. The molecule has 0 fully saturated rings. The minimum atomic E-state index is -4.55. The van der Waals surface area contributed by atoms with Crippen molar-refractivity contribution >= 4 is 39.0 Å². The van der Waals surface area contributed by atoms with E-state index < -0.39 is 47.8 Å². The average Bonchev–Trinajstić information content (AvgIpc) is 2.71. The third-order valence-corrected chi connectivity index (χ3v) is 5.80. The number of hydrogen-bond donors (Lipinski definition) is 1.